The van der Waals surface area contributed by atoms with E-state index >= 15 is 0 Å². The summed E-state index contributed by atoms with van der Waals surface area (Å²) in [5, 5.41) is 3.67. The van der Waals surface area contributed by atoms with E-state index in [1.807, 2.05) is 44.2 Å². The average molecular weight is 732 g/mol. The highest BCUT2D eigenvalue weighted by atomic mass is 79.9. The van der Waals surface area contributed by atoms with E-state index in [4.69, 9.17) is 23.2 Å². The number of amides is 2. The van der Waals surface area contributed by atoms with Crippen molar-refractivity contribution in [3.05, 3.63) is 128 Å². The molecule has 0 heterocycles. The van der Waals surface area contributed by atoms with Crippen molar-refractivity contribution in [2.75, 3.05) is 17.4 Å². The van der Waals surface area contributed by atoms with Crippen LogP contribution in [0.5, 0.6) is 0 Å². The lowest BCUT2D eigenvalue weighted by atomic mass is 10.0. The Balaban J connectivity index is 1.82. The van der Waals surface area contributed by atoms with Crippen LogP contribution in [0.1, 0.15) is 30.0 Å². The number of anilines is 1. The molecular weight excluding hydrogens is 697 g/mol. The zero-order chi connectivity index (χ0) is 32.6. The number of benzene rings is 4. The van der Waals surface area contributed by atoms with E-state index in [9.17, 15) is 18.0 Å². The Labute approximate surface area is 283 Å². The van der Waals surface area contributed by atoms with Crippen molar-refractivity contribution >= 4 is 66.7 Å². The number of rotatable bonds is 13. The molecule has 0 radical (unpaired) electrons. The van der Waals surface area contributed by atoms with Crippen LogP contribution in [0.15, 0.2) is 106 Å². The summed E-state index contributed by atoms with van der Waals surface area (Å²) < 4.78 is 30.0. The van der Waals surface area contributed by atoms with E-state index in [1.165, 1.54) is 17.0 Å². The molecule has 0 spiro atoms. The van der Waals surface area contributed by atoms with Gasteiger partial charge in [-0.1, -0.05) is 106 Å². The minimum atomic E-state index is -4.20. The number of aryl methyl sites for hydroxylation is 1. The van der Waals surface area contributed by atoms with Gasteiger partial charge in [-0.05, 0) is 66.9 Å². The molecule has 0 aromatic heterocycles. The van der Waals surface area contributed by atoms with Gasteiger partial charge in [0, 0.05) is 34.0 Å². The van der Waals surface area contributed by atoms with Crippen molar-refractivity contribution in [1.29, 1.82) is 0 Å². The highest BCUT2D eigenvalue weighted by Crippen LogP contribution is 2.29. The van der Waals surface area contributed by atoms with E-state index in [2.05, 4.69) is 21.2 Å². The van der Waals surface area contributed by atoms with Crippen LogP contribution in [0, 0.1) is 6.92 Å². The molecule has 1 atom stereocenters. The Morgan fingerprint density at radius 1 is 0.911 bits per heavy atom. The third-order valence-corrected chi connectivity index (χ3v) is 10.0. The fraction of sp³-hybridized carbons (Fsp3) is 0.235. The van der Waals surface area contributed by atoms with Gasteiger partial charge in [0.1, 0.15) is 12.6 Å². The van der Waals surface area contributed by atoms with Crippen molar-refractivity contribution in [1.82, 2.24) is 10.2 Å². The summed E-state index contributed by atoms with van der Waals surface area (Å²) in [5.41, 5.74) is 2.58. The highest BCUT2D eigenvalue weighted by Gasteiger charge is 2.35. The lowest BCUT2D eigenvalue weighted by Crippen LogP contribution is -2.53. The maximum absolute atomic E-state index is 14.5. The van der Waals surface area contributed by atoms with Crippen molar-refractivity contribution in [3.8, 4) is 0 Å². The SMILES string of the molecule is CCCNC(=O)C(Cc1ccccc1)N(Cc1ccc(Cl)cc1Cl)C(=O)CN(c1cccc(Br)c1)S(=O)(=O)c1ccc(C)cc1. The Hall–Kier alpha value is -3.37. The van der Waals surface area contributed by atoms with Gasteiger partial charge in [-0.3, -0.25) is 13.9 Å². The first-order chi connectivity index (χ1) is 21.5. The average Bonchev–Trinajstić information content (AvgIpc) is 3.01. The fourth-order valence-electron chi connectivity index (χ4n) is 4.75. The fourth-order valence-corrected chi connectivity index (χ4v) is 7.01. The molecule has 0 bridgehead atoms. The quantitative estimate of drug-likeness (QED) is 0.155. The number of halogens is 3. The van der Waals surface area contributed by atoms with E-state index in [0.717, 1.165) is 15.4 Å². The summed E-state index contributed by atoms with van der Waals surface area (Å²) >= 11 is 16.1. The van der Waals surface area contributed by atoms with E-state index in [-0.39, 0.29) is 29.5 Å². The summed E-state index contributed by atoms with van der Waals surface area (Å²) in [6.45, 7) is 3.60. The molecule has 0 fully saturated rings. The van der Waals surface area contributed by atoms with Crippen LogP contribution in [0.2, 0.25) is 10.0 Å². The molecule has 1 unspecified atom stereocenters. The first-order valence-corrected chi connectivity index (χ1v) is 17.4. The van der Waals surface area contributed by atoms with Crippen LogP contribution >= 0.6 is 39.1 Å². The Bertz CT molecular complexity index is 1740. The normalized spacial score (nSPS) is 11.9. The minimum absolute atomic E-state index is 0.0368. The second-order valence-corrected chi connectivity index (χ2v) is 14.2. The van der Waals surface area contributed by atoms with Gasteiger partial charge in [-0.2, -0.15) is 0 Å². The third-order valence-electron chi connectivity index (χ3n) is 7.16. The molecule has 0 saturated heterocycles. The van der Waals surface area contributed by atoms with Gasteiger partial charge in [-0.15, -0.1) is 0 Å². The lowest BCUT2D eigenvalue weighted by Gasteiger charge is -2.34. The van der Waals surface area contributed by atoms with Crippen LogP contribution in [-0.4, -0.2) is 44.3 Å². The summed E-state index contributed by atoms with van der Waals surface area (Å²) in [6.07, 6.45) is 0.904. The Morgan fingerprint density at radius 3 is 2.27 bits per heavy atom. The summed E-state index contributed by atoms with van der Waals surface area (Å²) in [5.74, 6) is -0.932. The smallest absolute Gasteiger partial charge is 0.264 e. The number of carbonyl (C=O) groups excluding carboxylic acids is 2. The van der Waals surface area contributed by atoms with Gasteiger partial charge in [0.05, 0.1) is 10.6 Å². The predicted molar refractivity (Wildman–Crippen MR) is 184 cm³/mol. The summed E-state index contributed by atoms with van der Waals surface area (Å²) in [6, 6.07) is 26.5. The van der Waals surface area contributed by atoms with Crippen LogP contribution in [0.3, 0.4) is 0 Å². The second kappa shape index (κ2) is 15.8. The number of sulfonamides is 1. The lowest BCUT2D eigenvalue weighted by molar-refractivity contribution is -0.140. The second-order valence-electron chi connectivity index (χ2n) is 10.6. The molecule has 45 heavy (non-hydrogen) atoms. The summed E-state index contributed by atoms with van der Waals surface area (Å²) in [4.78, 5) is 29.7. The van der Waals surface area contributed by atoms with Gasteiger partial charge < -0.3 is 10.2 Å². The maximum atomic E-state index is 14.5. The molecule has 2 amide bonds. The van der Waals surface area contributed by atoms with Crippen molar-refractivity contribution in [2.24, 2.45) is 0 Å². The number of hydrogen-bond acceptors (Lipinski definition) is 4. The Morgan fingerprint density at radius 2 is 1.62 bits per heavy atom. The molecule has 236 valence electrons. The molecule has 1 N–H and O–H groups in total. The molecule has 0 aliphatic heterocycles. The molecule has 11 heteroatoms. The van der Waals surface area contributed by atoms with Gasteiger partial charge >= 0.3 is 0 Å². The van der Waals surface area contributed by atoms with Gasteiger partial charge in [0.2, 0.25) is 11.8 Å². The molecule has 4 aromatic rings. The first kappa shape index (κ1) is 34.5. The summed E-state index contributed by atoms with van der Waals surface area (Å²) in [7, 11) is -4.20. The third kappa shape index (κ3) is 9.10. The minimum Gasteiger partial charge on any atom is -0.354 e. The van der Waals surface area contributed by atoms with Crippen LogP contribution in [0.25, 0.3) is 0 Å². The standard InChI is InChI=1S/C34H34BrCl2N3O4S/c1-3-18-38-34(42)32(19-25-8-5-4-6-9-25)39(22-26-14-15-28(36)21-31(26)37)33(41)23-40(29-11-7-10-27(35)20-29)45(43,44)30-16-12-24(2)13-17-30/h4-17,20-21,32H,3,18-19,22-23H2,1-2H3,(H,38,42). The molecular formula is C34H34BrCl2N3O4S. The van der Waals surface area contributed by atoms with Crippen molar-refractivity contribution < 1.29 is 18.0 Å². The monoisotopic (exact) mass is 729 g/mol. The van der Waals surface area contributed by atoms with Crippen molar-refractivity contribution in [2.45, 2.75) is 44.2 Å². The molecule has 4 rings (SSSR count). The van der Waals surface area contributed by atoms with E-state index in [1.54, 1.807) is 54.6 Å². The zero-order valence-corrected chi connectivity index (χ0v) is 28.8. The molecule has 0 aliphatic carbocycles. The molecule has 7 nitrogen and oxygen atoms in total. The topological polar surface area (TPSA) is 86.8 Å². The number of hydrogen-bond donors (Lipinski definition) is 1. The molecule has 0 saturated carbocycles. The van der Waals surface area contributed by atoms with Crippen LogP contribution in [0.4, 0.5) is 5.69 Å². The van der Waals surface area contributed by atoms with Gasteiger partial charge in [0.15, 0.2) is 0 Å². The molecule has 4 aromatic carbocycles. The van der Waals surface area contributed by atoms with Gasteiger partial charge in [0.25, 0.3) is 10.0 Å². The largest absolute Gasteiger partial charge is 0.354 e. The van der Waals surface area contributed by atoms with Crippen LogP contribution < -0.4 is 9.62 Å². The zero-order valence-electron chi connectivity index (χ0n) is 24.9. The molecule has 0 aliphatic rings. The number of nitrogens with one attached hydrogen (secondary N) is 1. The first-order valence-electron chi connectivity index (χ1n) is 14.4. The number of carbonyl (C=O) groups is 2. The highest BCUT2D eigenvalue weighted by molar-refractivity contribution is 9.10. The number of nitrogens with zero attached hydrogens (tertiary/aromatic N) is 2. The predicted octanol–water partition coefficient (Wildman–Crippen LogP) is 7.43. The Kier molecular flexibility index (Phi) is 12.1. The van der Waals surface area contributed by atoms with Gasteiger partial charge in [-0.25, -0.2) is 8.42 Å². The van der Waals surface area contributed by atoms with E-state index in [0.29, 0.717) is 33.0 Å². The van der Waals surface area contributed by atoms with E-state index < -0.39 is 28.5 Å². The van der Waals surface area contributed by atoms with Crippen molar-refractivity contribution in [3.63, 3.8) is 0 Å². The van der Waals surface area contributed by atoms with Crippen LogP contribution in [-0.2, 0) is 32.6 Å². The maximum Gasteiger partial charge on any atom is 0.264 e.